The predicted molar refractivity (Wildman–Crippen MR) is 73.1 cm³/mol. The van der Waals surface area contributed by atoms with Crippen molar-refractivity contribution in [3.63, 3.8) is 0 Å². The molecule has 0 spiro atoms. The Morgan fingerprint density at radius 2 is 2.28 bits per heavy atom. The molecule has 1 saturated heterocycles. The molecule has 3 heteroatoms. The topological polar surface area (TPSA) is 15.3 Å². The van der Waals surface area contributed by atoms with Gasteiger partial charge in [0.2, 0.25) is 0 Å². The van der Waals surface area contributed by atoms with Crippen molar-refractivity contribution in [3.8, 4) is 0 Å². The fraction of sp³-hybridized carbons (Fsp3) is 0.600. The SMILES string of the molecule is CNCC1CCCN(Cc2ccc(C)c(F)c2)C1. The number of halogens is 1. The summed E-state index contributed by atoms with van der Waals surface area (Å²) in [6.07, 6.45) is 2.56. The molecule has 1 aliphatic rings. The molecule has 1 aromatic rings. The van der Waals surface area contributed by atoms with Gasteiger partial charge in [-0.15, -0.1) is 0 Å². The Kier molecular flexibility index (Phi) is 4.72. The first-order valence-corrected chi connectivity index (χ1v) is 6.81. The third kappa shape index (κ3) is 3.53. The number of likely N-dealkylation sites (tertiary alicyclic amines) is 1. The highest BCUT2D eigenvalue weighted by Crippen LogP contribution is 2.19. The molecule has 1 aliphatic heterocycles. The van der Waals surface area contributed by atoms with Crippen molar-refractivity contribution in [2.75, 3.05) is 26.7 Å². The third-order valence-corrected chi connectivity index (χ3v) is 3.74. The van der Waals surface area contributed by atoms with Crippen LogP contribution in [0.3, 0.4) is 0 Å². The molecule has 0 bridgehead atoms. The molecular weight excluding hydrogens is 227 g/mol. The van der Waals surface area contributed by atoms with Gasteiger partial charge in [-0.1, -0.05) is 12.1 Å². The van der Waals surface area contributed by atoms with Crippen LogP contribution < -0.4 is 5.32 Å². The number of piperidine rings is 1. The van der Waals surface area contributed by atoms with Crippen LogP contribution in [-0.2, 0) is 6.54 Å². The highest BCUT2D eigenvalue weighted by molar-refractivity contribution is 5.23. The molecule has 0 aliphatic carbocycles. The van der Waals surface area contributed by atoms with Crippen molar-refractivity contribution in [3.05, 3.63) is 35.1 Å². The van der Waals surface area contributed by atoms with Gasteiger partial charge in [-0.25, -0.2) is 4.39 Å². The second-order valence-corrected chi connectivity index (χ2v) is 5.38. The van der Waals surface area contributed by atoms with Crippen LogP contribution in [0.1, 0.15) is 24.0 Å². The van der Waals surface area contributed by atoms with Gasteiger partial charge in [0, 0.05) is 13.1 Å². The van der Waals surface area contributed by atoms with Crippen LogP contribution in [0.4, 0.5) is 4.39 Å². The van der Waals surface area contributed by atoms with E-state index in [9.17, 15) is 4.39 Å². The number of hydrogen-bond donors (Lipinski definition) is 1. The molecule has 1 aromatic carbocycles. The van der Waals surface area contributed by atoms with E-state index in [0.29, 0.717) is 0 Å². The zero-order chi connectivity index (χ0) is 13.0. The number of benzene rings is 1. The maximum Gasteiger partial charge on any atom is 0.126 e. The van der Waals surface area contributed by atoms with Crippen molar-refractivity contribution >= 4 is 0 Å². The predicted octanol–water partition coefficient (Wildman–Crippen LogP) is 2.57. The zero-order valence-corrected chi connectivity index (χ0v) is 11.4. The molecular formula is C15H23FN2. The summed E-state index contributed by atoms with van der Waals surface area (Å²) in [6.45, 7) is 6.02. The lowest BCUT2D eigenvalue weighted by atomic mass is 9.97. The van der Waals surface area contributed by atoms with E-state index in [1.807, 2.05) is 26.1 Å². The fourth-order valence-corrected chi connectivity index (χ4v) is 2.74. The van der Waals surface area contributed by atoms with E-state index in [-0.39, 0.29) is 5.82 Å². The van der Waals surface area contributed by atoms with Gasteiger partial charge >= 0.3 is 0 Å². The molecule has 0 saturated carbocycles. The van der Waals surface area contributed by atoms with E-state index < -0.39 is 0 Å². The Balaban J connectivity index is 1.93. The molecule has 1 unspecified atom stereocenters. The van der Waals surface area contributed by atoms with Crippen LogP contribution in [0.5, 0.6) is 0 Å². The number of nitrogens with zero attached hydrogens (tertiary/aromatic N) is 1. The van der Waals surface area contributed by atoms with E-state index in [2.05, 4.69) is 10.2 Å². The second kappa shape index (κ2) is 6.30. The lowest BCUT2D eigenvalue weighted by Crippen LogP contribution is -2.38. The third-order valence-electron chi connectivity index (χ3n) is 3.74. The normalized spacial score (nSPS) is 21.2. The molecule has 1 heterocycles. The van der Waals surface area contributed by atoms with Gasteiger partial charge in [-0.2, -0.15) is 0 Å². The van der Waals surface area contributed by atoms with Gasteiger partial charge in [-0.3, -0.25) is 4.90 Å². The fourth-order valence-electron chi connectivity index (χ4n) is 2.74. The molecule has 0 aromatic heterocycles. The number of rotatable bonds is 4. The molecule has 0 radical (unpaired) electrons. The van der Waals surface area contributed by atoms with Gasteiger partial charge in [0.1, 0.15) is 5.82 Å². The maximum absolute atomic E-state index is 13.5. The van der Waals surface area contributed by atoms with Gasteiger partial charge in [-0.05, 0) is 63.0 Å². The molecule has 1 atom stereocenters. The average Bonchev–Trinajstić information content (AvgIpc) is 2.35. The van der Waals surface area contributed by atoms with Gasteiger partial charge < -0.3 is 5.32 Å². The van der Waals surface area contributed by atoms with Gasteiger partial charge in [0.05, 0.1) is 0 Å². The van der Waals surface area contributed by atoms with Crippen molar-refractivity contribution in [1.82, 2.24) is 10.2 Å². The molecule has 2 rings (SSSR count). The molecule has 18 heavy (non-hydrogen) atoms. The first-order valence-electron chi connectivity index (χ1n) is 6.81. The lowest BCUT2D eigenvalue weighted by Gasteiger charge is -2.32. The quantitative estimate of drug-likeness (QED) is 0.883. The minimum Gasteiger partial charge on any atom is -0.319 e. The minimum absolute atomic E-state index is 0.0868. The lowest BCUT2D eigenvalue weighted by molar-refractivity contribution is 0.166. The first-order chi connectivity index (χ1) is 8.69. The van der Waals surface area contributed by atoms with E-state index in [4.69, 9.17) is 0 Å². The van der Waals surface area contributed by atoms with E-state index in [1.165, 1.54) is 12.8 Å². The van der Waals surface area contributed by atoms with Crippen LogP contribution in [0.2, 0.25) is 0 Å². The van der Waals surface area contributed by atoms with Crippen LogP contribution in [0.25, 0.3) is 0 Å². The Bertz CT molecular complexity index is 390. The van der Waals surface area contributed by atoms with Crippen LogP contribution in [-0.4, -0.2) is 31.6 Å². The summed E-state index contributed by atoms with van der Waals surface area (Å²) >= 11 is 0. The molecule has 2 nitrogen and oxygen atoms in total. The van der Waals surface area contributed by atoms with Crippen molar-refractivity contribution in [2.45, 2.75) is 26.3 Å². The Morgan fingerprint density at radius 3 is 3.00 bits per heavy atom. The average molecular weight is 250 g/mol. The summed E-state index contributed by atoms with van der Waals surface area (Å²) in [5.74, 6) is 0.648. The molecule has 100 valence electrons. The van der Waals surface area contributed by atoms with Crippen molar-refractivity contribution in [2.24, 2.45) is 5.92 Å². The highest BCUT2D eigenvalue weighted by atomic mass is 19.1. The summed E-state index contributed by atoms with van der Waals surface area (Å²) in [6, 6.07) is 5.59. The van der Waals surface area contributed by atoms with Gasteiger partial charge in [0.25, 0.3) is 0 Å². The van der Waals surface area contributed by atoms with Gasteiger partial charge in [0.15, 0.2) is 0 Å². The van der Waals surface area contributed by atoms with E-state index >= 15 is 0 Å². The highest BCUT2D eigenvalue weighted by Gasteiger charge is 2.19. The minimum atomic E-state index is -0.0868. The van der Waals surface area contributed by atoms with E-state index in [0.717, 1.165) is 43.2 Å². The maximum atomic E-state index is 13.5. The monoisotopic (exact) mass is 250 g/mol. The number of aryl methyl sites for hydroxylation is 1. The Hall–Kier alpha value is -0.930. The Morgan fingerprint density at radius 1 is 1.44 bits per heavy atom. The number of hydrogen-bond acceptors (Lipinski definition) is 2. The van der Waals surface area contributed by atoms with Crippen molar-refractivity contribution < 1.29 is 4.39 Å². The molecule has 0 amide bonds. The summed E-state index contributed by atoms with van der Waals surface area (Å²) in [5, 5.41) is 3.25. The second-order valence-electron chi connectivity index (χ2n) is 5.38. The zero-order valence-electron chi connectivity index (χ0n) is 11.4. The number of nitrogens with one attached hydrogen (secondary N) is 1. The first kappa shape index (κ1) is 13.5. The summed E-state index contributed by atoms with van der Waals surface area (Å²) < 4.78 is 13.5. The molecule has 1 N–H and O–H groups in total. The van der Waals surface area contributed by atoms with Crippen LogP contribution in [0, 0.1) is 18.7 Å². The molecule has 1 fully saturated rings. The van der Waals surface area contributed by atoms with Crippen molar-refractivity contribution in [1.29, 1.82) is 0 Å². The van der Waals surface area contributed by atoms with E-state index in [1.54, 1.807) is 6.07 Å². The summed E-state index contributed by atoms with van der Waals surface area (Å²) in [5.41, 5.74) is 1.81. The summed E-state index contributed by atoms with van der Waals surface area (Å²) in [4.78, 5) is 2.44. The Labute approximate surface area is 109 Å². The largest absolute Gasteiger partial charge is 0.319 e. The summed E-state index contributed by atoms with van der Waals surface area (Å²) in [7, 11) is 2.01. The van der Waals surface area contributed by atoms with Crippen LogP contribution in [0.15, 0.2) is 18.2 Å². The van der Waals surface area contributed by atoms with Crippen LogP contribution >= 0.6 is 0 Å². The smallest absolute Gasteiger partial charge is 0.126 e. The standard InChI is InChI=1S/C15H23FN2/c1-12-5-6-13(8-15(12)16)10-18-7-3-4-14(11-18)9-17-2/h5-6,8,14,17H,3-4,7,9-11H2,1-2H3.